The average Bonchev–Trinajstić information content (AvgIpc) is 2.16. The van der Waals surface area contributed by atoms with Crippen LogP contribution in [0.4, 0.5) is 5.82 Å². The third kappa shape index (κ3) is 2.48. The van der Waals surface area contributed by atoms with E-state index in [1.807, 2.05) is 0 Å². The molecule has 1 fully saturated rings. The van der Waals surface area contributed by atoms with Crippen LogP contribution in [0.25, 0.3) is 0 Å². The van der Waals surface area contributed by atoms with Crippen LogP contribution < -0.4 is 5.32 Å². The molecular weight excluding hydrogens is 239 g/mol. The van der Waals surface area contributed by atoms with Gasteiger partial charge in [0.1, 0.15) is 0 Å². The molecular formula is C8H10Cl2N4O. The fraction of sp³-hybridized carbons (Fsp3) is 0.625. The standard InChI is InChI=1S/C8H10Cl2N4O/c1-15-5-2-4(3-5)11-7-6(9)13-14-8(10)12-7/h4-5H,2-3H2,1H3,(H,11,12,14). The maximum Gasteiger partial charge on any atom is 0.245 e. The molecule has 1 saturated carbocycles. The highest BCUT2D eigenvalue weighted by molar-refractivity contribution is 6.32. The zero-order chi connectivity index (χ0) is 10.8. The molecule has 0 aromatic carbocycles. The van der Waals surface area contributed by atoms with Crippen molar-refractivity contribution in [2.24, 2.45) is 0 Å². The van der Waals surface area contributed by atoms with E-state index in [-0.39, 0.29) is 10.4 Å². The van der Waals surface area contributed by atoms with Crippen molar-refractivity contribution in [2.45, 2.75) is 25.0 Å². The van der Waals surface area contributed by atoms with Crippen molar-refractivity contribution < 1.29 is 4.74 Å². The van der Waals surface area contributed by atoms with E-state index < -0.39 is 0 Å². The van der Waals surface area contributed by atoms with E-state index >= 15 is 0 Å². The molecule has 7 heteroatoms. The molecule has 0 atom stereocenters. The summed E-state index contributed by atoms with van der Waals surface area (Å²) in [6.45, 7) is 0. The van der Waals surface area contributed by atoms with E-state index in [9.17, 15) is 0 Å². The summed E-state index contributed by atoms with van der Waals surface area (Å²) in [6.07, 6.45) is 2.20. The van der Waals surface area contributed by atoms with Crippen LogP contribution in [-0.2, 0) is 4.74 Å². The van der Waals surface area contributed by atoms with Crippen LogP contribution in [0, 0.1) is 0 Å². The van der Waals surface area contributed by atoms with Crippen LogP contribution in [0.5, 0.6) is 0 Å². The van der Waals surface area contributed by atoms with E-state index in [0.29, 0.717) is 18.0 Å². The van der Waals surface area contributed by atoms with E-state index in [4.69, 9.17) is 27.9 Å². The molecule has 0 radical (unpaired) electrons. The second-order valence-electron chi connectivity index (χ2n) is 3.39. The average molecular weight is 249 g/mol. The summed E-state index contributed by atoms with van der Waals surface area (Å²) in [5.74, 6) is 0.483. The van der Waals surface area contributed by atoms with Gasteiger partial charge in [-0.05, 0) is 24.4 Å². The molecule has 1 N–H and O–H groups in total. The van der Waals surface area contributed by atoms with Crippen LogP contribution in [0.1, 0.15) is 12.8 Å². The van der Waals surface area contributed by atoms with Gasteiger partial charge >= 0.3 is 0 Å². The zero-order valence-electron chi connectivity index (χ0n) is 8.07. The molecule has 1 aliphatic rings. The molecule has 0 aliphatic heterocycles. The lowest BCUT2D eigenvalue weighted by atomic mass is 9.89. The van der Waals surface area contributed by atoms with Crippen molar-refractivity contribution in [3.8, 4) is 0 Å². The predicted octanol–water partition coefficient (Wildman–Crippen LogP) is 1.77. The number of halogens is 2. The number of hydrogen-bond acceptors (Lipinski definition) is 5. The number of rotatable bonds is 3. The largest absolute Gasteiger partial charge is 0.381 e. The molecule has 0 amide bonds. The van der Waals surface area contributed by atoms with Gasteiger partial charge < -0.3 is 10.1 Å². The summed E-state index contributed by atoms with van der Waals surface area (Å²) in [7, 11) is 1.71. The highest BCUT2D eigenvalue weighted by Crippen LogP contribution is 2.27. The van der Waals surface area contributed by atoms with Crippen molar-refractivity contribution in [3.63, 3.8) is 0 Å². The lowest BCUT2D eigenvalue weighted by Crippen LogP contribution is -2.40. The first kappa shape index (κ1) is 10.9. The van der Waals surface area contributed by atoms with Gasteiger partial charge in [-0.3, -0.25) is 0 Å². The van der Waals surface area contributed by atoms with Gasteiger partial charge in [-0.15, -0.1) is 10.2 Å². The maximum atomic E-state index is 5.80. The van der Waals surface area contributed by atoms with Crippen LogP contribution in [0.15, 0.2) is 0 Å². The van der Waals surface area contributed by atoms with Crippen LogP contribution >= 0.6 is 23.2 Å². The smallest absolute Gasteiger partial charge is 0.245 e. The van der Waals surface area contributed by atoms with Crippen molar-refractivity contribution >= 4 is 29.0 Å². The number of hydrogen-bond donors (Lipinski definition) is 1. The molecule has 1 aromatic heterocycles. The molecule has 1 aromatic rings. The fourth-order valence-electron chi connectivity index (χ4n) is 1.45. The molecule has 15 heavy (non-hydrogen) atoms. The Morgan fingerprint density at radius 3 is 2.73 bits per heavy atom. The van der Waals surface area contributed by atoms with Gasteiger partial charge in [-0.25, -0.2) is 0 Å². The molecule has 0 unspecified atom stereocenters. The topological polar surface area (TPSA) is 59.9 Å². The highest BCUT2D eigenvalue weighted by Gasteiger charge is 2.29. The van der Waals surface area contributed by atoms with Gasteiger partial charge in [-0.1, -0.05) is 11.6 Å². The van der Waals surface area contributed by atoms with Gasteiger partial charge in [0, 0.05) is 13.2 Å². The molecule has 82 valence electrons. The molecule has 0 spiro atoms. The first-order valence-electron chi connectivity index (χ1n) is 4.54. The SMILES string of the molecule is COC1CC(Nc2nc(Cl)nnc2Cl)C1. The zero-order valence-corrected chi connectivity index (χ0v) is 9.59. The lowest BCUT2D eigenvalue weighted by molar-refractivity contribution is 0.0328. The molecule has 2 rings (SSSR count). The summed E-state index contributed by atoms with van der Waals surface area (Å²) in [5.41, 5.74) is 0. The second-order valence-corrected chi connectivity index (χ2v) is 4.09. The Balaban J connectivity index is 1.97. The first-order chi connectivity index (χ1) is 7.19. The first-order valence-corrected chi connectivity index (χ1v) is 5.29. The molecule has 5 nitrogen and oxygen atoms in total. The van der Waals surface area contributed by atoms with Gasteiger partial charge in [0.2, 0.25) is 5.28 Å². The molecule has 0 bridgehead atoms. The normalized spacial score (nSPS) is 24.7. The number of aromatic nitrogens is 3. The van der Waals surface area contributed by atoms with Gasteiger partial charge in [0.15, 0.2) is 11.0 Å². The number of nitrogens with zero attached hydrogens (tertiary/aromatic N) is 3. The van der Waals surface area contributed by atoms with E-state index in [1.165, 1.54) is 0 Å². The van der Waals surface area contributed by atoms with E-state index in [2.05, 4.69) is 20.5 Å². The van der Waals surface area contributed by atoms with Crippen LogP contribution in [0.2, 0.25) is 10.4 Å². The van der Waals surface area contributed by atoms with Crippen molar-refractivity contribution in [1.29, 1.82) is 0 Å². The molecule has 1 heterocycles. The minimum atomic E-state index is 0.0875. The molecule has 0 saturated heterocycles. The third-order valence-corrected chi connectivity index (χ3v) is 2.80. The van der Waals surface area contributed by atoms with Crippen LogP contribution in [-0.4, -0.2) is 34.4 Å². The number of nitrogens with one attached hydrogen (secondary N) is 1. The lowest BCUT2D eigenvalue weighted by Gasteiger charge is -2.34. The Hall–Kier alpha value is -0.650. The summed E-state index contributed by atoms with van der Waals surface area (Å²) in [6, 6.07) is 0.320. The van der Waals surface area contributed by atoms with Gasteiger partial charge in [-0.2, -0.15) is 4.98 Å². The maximum absolute atomic E-state index is 5.80. The Labute approximate surface area is 97.1 Å². The summed E-state index contributed by atoms with van der Waals surface area (Å²) < 4.78 is 5.16. The Bertz CT molecular complexity index is 356. The summed E-state index contributed by atoms with van der Waals surface area (Å²) >= 11 is 11.4. The Morgan fingerprint density at radius 1 is 1.33 bits per heavy atom. The monoisotopic (exact) mass is 248 g/mol. The van der Waals surface area contributed by atoms with Gasteiger partial charge in [0.05, 0.1) is 6.10 Å². The molecule has 1 aliphatic carbocycles. The van der Waals surface area contributed by atoms with Crippen molar-refractivity contribution in [3.05, 3.63) is 10.4 Å². The van der Waals surface area contributed by atoms with Crippen molar-refractivity contribution in [2.75, 3.05) is 12.4 Å². The highest BCUT2D eigenvalue weighted by atomic mass is 35.5. The predicted molar refractivity (Wildman–Crippen MR) is 57.3 cm³/mol. The van der Waals surface area contributed by atoms with E-state index in [1.54, 1.807) is 7.11 Å². The Morgan fingerprint density at radius 2 is 2.07 bits per heavy atom. The van der Waals surface area contributed by atoms with Crippen LogP contribution in [0.3, 0.4) is 0 Å². The Kier molecular flexibility index (Phi) is 3.23. The number of methoxy groups -OCH3 is 1. The quantitative estimate of drug-likeness (QED) is 0.884. The van der Waals surface area contributed by atoms with E-state index in [0.717, 1.165) is 12.8 Å². The number of ether oxygens (including phenoxy) is 1. The summed E-state index contributed by atoms with van der Waals surface area (Å²) in [4.78, 5) is 3.95. The number of anilines is 1. The van der Waals surface area contributed by atoms with Crippen molar-refractivity contribution in [1.82, 2.24) is 15.2 Å². The van der Waals surface area contributed by atoms with Gasteiger partial charge in [0.25, 0.3) is 0 Å². The summed E-state index contributed by atoms with van der Waals surface area (Å²) in [5, 5.41) is 10.7. The third-order valence-electron chi connectivity index (χ3n) is 2.39. The fourth-order valence-corrected chi connectivity index (χ4v) is 1.71. The minimum absolute atomic E-state index is 0.0875. The second kappa shape index (κ2) is 4.47. The minimum Gasteiger partial charge on any atom is -0.381 e.